The first-order valence-electron chi connectivity index (χ1n) is 6.58. The van der Waals surface area contributed by atoms with E-state index in [1.807, 2.05) is 0 Å². The summed E-state index contributed by atoms with van der Waals surface area (Å²) in [6.45, 7) is 3.32. The van der Waals surface area contributed by atoms with Gasteiger partial charge in [-0.25, -0.2) is 0 Å². The van der Waals surface area contributed by atoms with Crippen molar-refractivity contribution >= 4 is 11.9 Å². The molecule has 5 nitrogen and oxygen atoms in total. The molecule has 0 amide bonds. The zero-order valence-corrected chi connectivity index (χ0v) is 11.8. The molecule has 1 rings (SSSR count). The number of hydrogen-bond acceptors (Lipinski definition) is 4. The third kappa shape index (κ3) is 2.99. The van der Waals surface area contributed by atoms with Crippen molar-refractivity contribution < 1.29 is 24.5 Å². The molecule has 0 aromatic heterocycles. The monoisotopic (exact) mass is 280 g/mol. The molecule has 20 heavy (non-hydrogen) atoms. The van der Waals surface area contributed by atoms with Crippen molar-refractivity contribution in [3.05, 3.63) is 35.4 Å². The maximum atomic E-state index is 12.3. The van der Waals surface area contributed by atoms with Crippen LogP contribution in [0.2, 0.25) is 0 Å². The lowest BCUT2D eigenvalue weighted by Crippen LogP contribution is -2.45. The van der Waals surface area contributed by atoms with Crippen molar-refractivity contribution in [2.45, 2.75) is 32.1 Å². The largest absolute Gasteiger partial charge is 0.480 e. The Morgan fingerprint density at radius 3 is 2.45 bits per heavy atom. The van der Waals surface area contributed by atoms with E-state index in [0.29, 0.717) is 11.1 Å². The van der Waals surface area contributed by atoms with Crippen LogP contribution in [0.5, 0.6) is 0 Å². The van der Waals surface area contributed by atoms with E-state index in [4.69, 9.17) is 9.84 Å². The fraction of sp³-hybridized carbons (Fsp3) is 0.467. The number of rotatable bonds is 7. The Bertz CT molecular complexity index is 483. The van der Waals surface area contributed by atoms with E-state index in [0.717, 1.165) is 0 Å². The first-order valence-corrected chi connectivity index (χ1v) is 6.58. The third-order valence-corrected chi connectivity index (χ3v) is 3.30. The van der Waals surface area contributed by atoms with Crippen LogP contribution >= 0.6 is 0 Å². The van der Waals surface area contributed by atoms with Crippen LogP contribution in [0.25, 0.3) is 0 Å². The van der Waals surface area contributed by atoms with Crippen LogP contribution in [0.4, 0.5) is 0 Å². The molecule has 0 spiro atoms. The molecule has 0 aliphatic heterocycles. The van der Waals surface area contributed by atoms with E-state index < -0.39 is 17.4 Å². The van der Waals surface area contributed by atoms with Gasteiger partial charge in [-0.15, -0.1) is 0 Å². The second-order valence-corrected chi connectivity index (χ2v) is 4.57. The number of esters is 1. The first kappa shape index (κ1) is 16.2. The van der Waals surface area contributed by atoms with Gasteiger partial charge in [0.1, 0.15) is 0 Å². The van der Waals surface area contributed by atoms with E-state index in [1.165, 1.54) is 0 Å². The fourth-order valence-electron chi connectivity index (χ4n) is 2.31. The van der Waals surface area contributed by atoms with Crippen LogP contribution in [-0.2, 0) is 19.7 Å². The SMILES string of the molecule is CCOC(=O)C(CCCO)(C(=O)O)c1ccccc1C. The summed E-state index contributed by atoms with van der Waals surface area (Å²) in [5.74, 6) is -2.03. The minimum Gasteiger partial charge on any atom is -0.480 e. The van der Waals surface area contributed by atoms with Gasteiger partial charge in [-0.1, -0.05) is 24.3 Å². The smallest absolute Gasteiger partial charge is 0.328 e. The van der Waals surface area contributed by atoms with Crippen molar-refractivity contribution in [1.82, 2.24) is 0 Å². The van der Waals surface area contributed by atoms with Crippen LogP contribution in [-0.4, -0.2) is 35.4 Å². The quantitative estimate of drug-likeness (QED) is 0.586. The van der Waals surface area contributed by atoms with Crippen LogP contribution < -0.4 is 0 Å². The van der Waals surface area contributed by atoms with E-state index in [1.54, 1.807) is 38.1 Å². The number of aliphatic hydroxyl groups excluding tert-OH is 1. The van der Waals surface area contributed by atoms with Crippen LogP contribution in [0.3, 0.4) is 0 Å². The van der Waals surface area contributed by atoms with E-state index >= 15 is 0 Å². The number of aliphatic carboxylic acids is 1. The highest BCUT2D eigenvalue weighted by molar-refractivity contribution is 6.05. The van der Waals surface area contributed by atoms with Gasteiger partial charge in [0.05, 0.1) is 6.61 Å². The van der Waals surface area contributed by atoms with Gasteiger partial charge in [-0.3, -0.25) is 9.59 Å². The molecule has 0 aliphatic carbocycles. The number of carbonyl (C=O) groups excluding carboxylic acids is 1. The molecule has 1 aromatic carbocycles. The molecule has 0 radical (unpaired) electrons. The number of benzene rings is 1. The lowest BCUT2D eigenvalue weighted by Gasteiger charge is -2.28. The molecule has 1 atom stereocenters. The Kier molecular flexibility index (Phi) is 5.70. The van der Waals surface area contributed by atoms with E-state index in [2.05, 4.69) is 0 Å². The summed E-state index contributed by atoms with van der Waals surface area (Å²) < 4.78 is 4.97. The molecule has 2 N–H and O–H groups in total. The Morgan fingerprint density at radius 2 is 1.95 bits per heavy atom. The maximum Gasteiger partial charge on any atom is 0.328 e. The van der Waals surface area contributed by atoms with Crippen LogP contribution in [0.15, 0.2) is 24.3 Å². The van der Waals surface area contributed by atoms with Crippen molar-refractivity contribution in [2.24, 2.45) is 0 Å². The first-order chi connectivity index (χ1) is 9.50. The van der Waals surface area contributed by atoms with E-state index in [-0.39, 0.29) is 26.1 Å². The van der Waals surface area contributed by atoms with Gasteiger partial charge in [-0.05, 0) is 37.8 Å². The van der Waals surface area contributed by atoms with Crippen molar-refractivity contribution in [1.29, 1.82) is 0 Å². The number of carboxylic acids is 1. The third-order valence-electron chi connectivity index (χ3n) is 3.30. The molecule has 1 unspecified atom stereocenters. The highest BCUT2D eigenvalue weighted by atomic mass is 16.5. The van der Waals surface area contributed by atoms with E-state index in [9.17, 15) is 14.7 Å². The summed E-state index contributed by atoms with van der Waals surface area (Å²) in [6.07, 6.45) is 0.210. The average Bonchev–Trinajstić information content (AvgIpc) is 2.41. The molecule has 0 saturated heterocycles. The maximum absolute atomic E-state index is 12.3. The summed E-state index contributed by atoms with van der Waals surface area (Å²) in [6, 6.07) is 6.85. The number of carbonyl (C=O) groups is 2. The Labute approximate surface area is 118 Å². The minimum atomic E-state index is -1.76. The van der Waals surface area contributed by atoms with Crippen LogP contribution in [0, 0.1) is 6.92 Å². The predicted octanol–water partition coefficient (Wildman–Crippen LogP) is 1.65. The Balaban J connectivity index is 3.40. The second kappa shape index (κ2) is 7.05. The predicted molar refractivity (Wildman–Crippen MR) is 73.4 cm³/mol. The summed E-state index contributed by atoms with van der Waals surface area (Å²) in [7, 11) is 0. The number of carboxylic acid groups (broad SMARTS) is 1. The normalized spacial score (nSPS) is 13.6. The molecular formula is C15H20O5. The zero-order valence-electron chi connectivity index (χ0n) is 11.8. The molecule has 0 bridgehead atoms. The zero-order chi connectivity index (χ0) is 15.2. The Hall–Kier alpha value is -1.88. The standard InChI is InChI=1S/C15H20O5/c1-3-20-14(19)15(13(17)18,9-6-10-16)12-8-5-4-7-11(12)2/h4-5,7-8,16H,3,6,9-10H2,1-2H3,(H,17,18). The molecule has 0 heterocycles. The lowest BCUT2D eigenvalue weighted by atomic mass is 9.75. The van der Waals surface area contributed by atoms with Gasteiger partial charge in [-0.2, -0.15) is 0 Å². The summed E-state index contributed by atoms with van der Waals surface area (Å²) >= 11 is 0. The van der Waals surface area contributed by atoms with Crippen LogP contribution in [0.1, 0.15) is 30.9 Å². The molecule has 5 heteroatoms. The summed E-state index contributed by atoms with van der Waals surface area (Å²) in [5, 5.41) is 18.6. The fourth-order valence-corrected chi connectivity index (χ4v) is 2.31. The number of hydrogen-bond donors (Lipinski definition) is 2. The number of aryl methyl sites for hydroxylation is 1. The van der Waals surface area contributed by atoms with Gasteiger partial charge in [0.2, 0.25) is 0 Å². The van der Waals surface area contributed by atoms with Crippen molar-refractivity contribution in [2.75, 3.05) is 13.2 Å². The highest BCUT2D eigenvalue weighted by Gasteiger charge is 2.49. The second-order valence-electron chi connectivity index (χ2n) is 4.57. The van der Waals surface area contributed by atoms with Gasteiger partial charge in [0, 0.05) is 6.61 Å². The van der Waals surface area contributed by atoms with Gasteiger partial charge in [0.15, 0.2) is 5.41 Å². The lowest BCUT2D eigenvalue weighted by molar-refractivity contribution is -0.162. The molecular weight excluding hydrogens is 260 g/mol. The molecule has 110 valence electrons. The van der Waals surface area contributed by atoms with Crippen molar-refractivity contribution in [3.63, 3.8) is 0 Å². The molecule has 1 aromatic rings. The molecule has 0 aliphatic rings. The molecule has 0 saturated carbocycles. The average molecular weight is 280 g/mol. The van der Waals surface area contributed by atoms with Gasteiger partial charge < -0.3 is 14.9 Å². The highest BCUT2D eigenvalue weighted by Crippen LogP contribution is 2.34. The summed E-state index contributed by atoms with van der Waals surface area (Å²) in [5.41, 5.74) is -0.635. The number of ether oxygens (including phenoxy) is 1. The molecule has 0 fully saturated rings. The number of aliphatic hydroxyl groups is 1. The topological polar surface area (TPSA) is 83.8 Å². The minimum absolute atomic E-state index is 0.00250. The van der Waals surface area contributed by atoms with Gasteiger partial charge >= 0.3 is 11.9 Å². The summed E-state index contributed by atoms with van der Waals surface area (Å²) in [4.78, 5) is 24.1. The Morgan fingerprint density at radius 1 is 1.30 bits per heavy atom. The van der Waals surface area contributed by atoms with Gasteiger partial charge in [0.25, 0.3) is 0 Å². The van der Waals surface area contributed by atoms with Crippen molar-refractivity contribution in [3.8, 4) is 0 Å².